The Balaban J connectivity index is 1.06. The molecule has 1 aliphatic rings. The van der Waals surface area contributed by atoms with E-state index in [9.17, 15) is 0 Å². The molecule has 3 heterocycles. The van der Waals surface area contributed by atoms with E-state index >= 15 is 0 Å². The van der Waals surface area contributed by atoms with Gasteiger partial charge in [-0.25, -0.2) is 15.0 Å². The first kappa shape index (κ1) is 36.9. The van der Waals surface area contributed by atoms with Crippen molar-refractivity contribution in [2.24, 2.45) is 0 Å². The SMILES string of the molecule is CC1(C)CCC(C)(C)c2cc3c(cc21)c1cc2ccccc2cc1n3-c1cccc(-c2nc(-c3ccc(-c4ccccc4)cc3)nc(-c3ccc4c(c3)sc3ccccc34)n2)c1. The van der Waals surface area contributed by atoms with Gasteiger partial charge in [0.1, 0.15) is 0 Å². The van der Waals surface area contributed by atoms with Crippen molar-refractivity contribution < 1.29 is 0 Å². The van der Waals surface area contributed by atoms with E-state index < -0.39 is 0 Å². The topological polar surface area (TPSA) is 43.6 Å². The molecule has 0 aliphatic heterocycles. The molecule has 12 rings (SSSR count). The summed E-state index contributed by atoms with van der Waals surface area (Å²) in [6.07, 6.45) is 2.33. The third kappa shape index (κ3) is 5.98. The van der Waals surface area contributed by atoms with Gasteiger partial charge in [0.2, 0.25) is 0 Å². The molecule has 0 saturated heterocycles. The highest BCUT2D eigenvalue weighted by molar-refractivity contribution is 7.25. The summed E-state index contributed by atoms with van der Waals surface area (Å²) in [5, 5.41) is 7.57. The van der Waals surface area contributed by atoms with E-state index in [-0.39, 0.29) is 10.8 Å². The quantitative estimate of drug-likeness (QED) is 0.174. The molecule has 0 atom stereocenters. The second-order valence-corrected chi connectivity index (χ2v) is 19.4. The van der Waals surface area contributed by atoms with Crippen LogP contribution in [0.3, 0.4) is 0 Å². The Labute approximate surface area is 365 Å². The number of aromatic nitrogens is 4. The molecule has 0 fully saturated rings. The molecule has 298 valence electrons. The number of rotatable bonds is 5. The average molecular weight is 817 g/mol. The Bertz CT molecular complexity index is 3570. The molecule has 3 aromatic heterocycles. The summed E-state index contributed by atoms with van der Waals surface area (Å²) in [5.74, 6) is 1.94. The average Bonchev–Trinajstić information content (AvgIpc) is 3.84. The third-order valence-corrected chi connectivity index (χ3v) is 14.6. The Morgan fingerprint density at radius 2 is 0.935 bits per heavy atom. The number of benzene rings is 8. The first-order chi connectivity index (χ1) is 30.2. The Kier molecular flexibility index (Phi) is 8.20. The van der Waals surface area contributed by atoms with Gasteiger partial charge in [0.15, 0.2) is 17.5 Å². The van der Waals surface area contributed by atoms with Gasteiger partial charge in [-0.1, -0.05) is 149 Å². The maximum absolute atomic E-state index is 5.28. The van der Waals surface area contributed by atoms with E-state index in [4.69, 9.17) is 15.0 Å². The molecule has 0 amide bonds. The van der Waals surface area contributed by atoms with Gasteiger partial charge in [-0.15, -0.1) is 11.3 Å². The summed E-state index contributed by atoms with van der Waals surface area (Å²) in [6, 6.07) is 61.6. The van der Waals surface area contributed by atoms with Gasteiger partial charge in [0.05, 0.1) is 11.0 Å². The summed E-state index contributed by atoms with van der Waals surface area (Å²) >= 11 is 1.81. The number of fused-ring (bicyclic) bond motifs is 8. The minimum absolute atomic E-state index is 0.0721. The predicted octanol–water partition coefficient (Wildman–Crippen LogP) is 15.5. The number of hydrogen-bond acceptors (Lipinski definition) is 4. The molecule has 0 bridgehead atoms. The van der Waals surface area contributed by atoms with Gasteiger partial charge < -0.3 is 4.57 Å². The van der Waals surface area contributed by atoms with Crippen molar-refractivity contribution in [2.45, 2.75) is 51.4 Å². The molecular weight excluding hydrogens is 773 g/mol. The van der Waals surface area contributed by atoms with Crippen LogP contribution in [0.1, 0.15) is 51.7 Å². The van der Waals surface area contributed by atoms with Crippen molar-refractivity contribution in [3.05, 3.63) is 181 Å². The second-order valence-electron chi connectivity index (χ2n) is 18.3. The monoisotopic (exact) mass is 816 g/mol. The molecule has 62 heavy (non-hydrogen) atoms. The van der Waals surface area contributed by atoms with Gasteiger partial charge in [0.25, 0.3) is 0 Å². The van der Waals surface area contributed by atoms with E-state index in [0.29, 0.717) is 17.5 Å². The van der Waals surface area contributed by atoms with Crippen LogP contribution in [-0.2, 0) is 10.8 Å². The largest absolute Gasteiger partial charge is 0.309 e. The van der Waals surface area contributed by atoms with Crippen molar-refractivity contribution in [1.29, 1.82) is 0 Å². The third-order valence-electron chi connectivity index (χ3n) is 13.5. The highest BCUT2D eigenvalue weighted by atomic mass is 32.1. The van der Waals surface area contributed by atoms with Gasteiger partial charge in [-0.3, -0.25) is 0 Å². The maximum atomic E-state index is 5.28. The van der Waals surface area contributed by atoms with E-state index in [2.05, 4.69) is 202 Å². The van der Waals surface area contributed by atoms with Crippen LogP contribution in [0.2, 0.25) is 0 Å². The first-order valence-corrected chi connectivity index (χ1v) is 22.4. The zero-order chi connectivity index (χ0) is 41.7. The van der Waals surface area contributed by atoms with Crippen LogP contribution in [0.25, 0.3) is 104 Å². The van der Waals surface area contributed by atoms with Crippen molar-refractivity contribution in [3.63, 3.8) is 0 Å². The van der Waals surface area contributed by atoms with Crippen molar-refractivity contribution in [3.8, 4) is 51.0 Å². The minimum Gasteiger partial charge on any atom is -0.309 e. The van der Waals surface area contributed by atoms with E-state index in [0.717, 1.165) is 34.4 Å². The van der Waals surface area contributed by atoms with Crippen molar-refractivity contribution in [1.82, 2.24) is 19.5 Å². The molecule has 0 N–H and O–H groups in total. The Morgan fingerprint density at radius 1 is 0.403 bits per heavy atom. The van der Waals surface area contributed by atoms with Crippen molar-refractivity contribution >= 4 is 64.1 Å². The molecule has 0 spiro atoms. The van der Waals surface area contributed by atoms with Crippen LogP contribution in [0.15, 0.2) is 170 Å². The molecule has 1 aliphatic carbocycles. The van der Waals surface area contributed by atoms with Crippen LogP contribution in [0.5, 0.6) is 0 Å². The molecule has 11 aromatic rings. The lowest BCUT2D eigenvalue weighted by Crippen LogP contribution is -2.33. The fraction of sp³-hybridized carbons (Fsp3) is 0.140. The zero-order valence-electron chi connectivity index (χ0n) is 35.3. The van der Waals surface area contributed by atoms with E-state index in [1.54, 1.807) is 0 Å². The summed E-state index contributed by atoms with van der Waals surface area (Å²) in [4.78, 5) is 15.7. The molecule has 0 unspecified atom stereocenters. The van der Waals surface area contributed by atoms with Gasteiger partial charge in [0, 0.05) is 53.3 Å². The van der Waals surface area contributed by atoms with Gasteiger partial charge in [-0.2, -0.15) is 0 Å². The van der Waals surface area contributed by atoms with Crippen LogP contribution < -0.4 is 0 Å². The van der Waals surface area contributed by atoms with Gasteiger partial charge >= 0.3 is 0 Å². The van der Waals surface area contributed by atoms with Crippen LogP contribution in [0, 0.1) is 0 Å². The smallest absolute Gasteiger partial charge is 0.164 e. The highest BCUT2D eigenvalue weighted by Gasteiger charge is 2.38. The number of hydrogen-bond donors (Lipinski definition) is 0. The standard InChI is InChI=1S/C57H44N4S/c1-56(2)27-28-57(3,4)48-34-50-46(33-47(48)56)45-30-38-15-8-9-16-39(38)31-49(45)61(50)42-18-12-17-40(29-42)54-58-53(37-23-21-36(22-24-37)35-13-6-5-7-14-35)59-55(60-54)41-25-26-44-43-19-10-11-20-51(43)62-52(44)32-41/h5-26,29-34H,27-28H2,1-4H3. The molecule has 0 radical (unpaired) electrons. The van der Waals surface area contributed by atoms with E-state index in [1.807, 2.05) is 11.3 Å². The van der Waals surface area contributed by atoms with E-state index in [1.165, 1.54) is 75.9 Å². The van der Waals surface area contributed by atoms with Crippen molar-refractivity contribution in [2.75, 3.05) is 0 Å². The molecule has 5 heteroatoms. The Morgan fingerprint density at radius 3 is 1.69 bits per heavy atom. The first-order valence-electron chi connectivity index (χ1n) is 21.6. The summed E-state index contributed by atoms with van der Waals surface area (Å²) < 4.78 is 4.96. The molecule has 4 nitrogen and oxygen atoms in total. The lowest BCUT2D eigenvalue weighted by Gasteiger charge is -2.42. The highest BCUT2D eigenvalue weighted by Crippen LogP contribution is 2.49. The normalized spacial score (nSPS) is 14.6. The van der Waals surface area contributed by atoms with Crippen LogP contribution >= 0.6 is 11.3 Å². The fourth-order valence-corrected chi connectivity index (χ4v) is 11.0. The fourth-order valence-electron chi connectivity index (χ4n) is 9.89. The summed E-state index contributed by atoms with van der Waals surface area (Å²) in [6.45, 7) is 9.66. The number of nitrogens with zero attached hydrogens (tertiary/aromatic N) is 4. The molecule has 8 aromatic carbocycles. The Hall–Kier alpha value is -6.95. The zero-order valence-corrected chi connectivity index (χ0v) is 36.1. The molecular formula is C57H44N4S. The van der Waals surface area contributed by atoms with Crippen LogP contribution in [-0.4, -0.2) is 19.5 Å². The lowest BCUT2D eigenvalue weighted by atomic mass is 9.63. The van der Waals surface area contributed by atoms with Gasteiger partial charge in [-0.05, 0) is 105 Å². The summed E-state index contributed by atoms with van der Waals surface area (Å²) in [7, 11) is 0. The lowest BCUT2D eigenvalue weighted by molar-refractivity contribution is 0.332. The predicted molar refractivity (Wildman–Crippen MR) is 262 cm³/mol. The number of thiophene rings is 1. The second kappa shape index (κ2) is 13.8. The minimum atomic E-state index is 0.0721. The van der Waals surface area contributed by atoms with Crippen LogP contribution in [0.4, 0.5) is 0 Å². The summed E-state index contributed by atoms with van der Waals surface area (Å²) in [5.41, 5.74) is 11.8. The molecule has 0 saturated carbocycles. The maximum Gasteiger partial charge on any atom is 0.164 e.